The Hall–Kier alpha value is -1.00. The highest BCUT2D eigenvalue weighted by Gasteiger charge is 2.22. The molecule has 1 aromatic carbocycles. The zero-order valence-corrected chi connectivity index (χ0v) is 12.2. The second-order valence-corrected chi connectivity index (χ2v) is 6.09. The van der Waals surface area contributed by atoms with E-state index in [2.05, 4.69) is 29.6 Å². The SMILES string of the molecule is CSCC[C@@H](N)C(=O)NC1CCc2ccccc2C1. The molecule has 0 radical (unpaired) electrons. The Bertz CT molecular complexity index is 436. The molecule has 1 aliphatic carbocycles. The van der Waals surface area contributed by atoms with Gasteiger partial charge in [-0.15, -0.1) is 0 Å². The predicted octanol–water partition coefficient (Wildman–Crippen LogP) is 1.74. The number of thioether (sulfide) groups is 1. The zero-order chi connectivity index (χ0) is 13.7. The lowest BCUT2D eigenvalue weighted by Crippen LogP contribution is -2.47. The van der Waals surface area contributed by atoms with E-state index < -0.39 is 0 Å². The Balaban J connectivity index is 1.86. The van der Waals surface area contributed by atoms with E-state index in [1.54, 1.807) is 11.8 Å². The van der Waals surface area contributed by atoms with Crippen LogP contribution in [0.3, 0.4) is 0 Å². The number of amides is 1. The van der Waals surface area contributed by atoms with Crippen LogP contribution >= 0.6 is 11.8 Å². The van der Waals surface area contributed by atoms with Crippen molar-refractivity contribution in [1.29, 1.82) is 0 Å². The largest absolute Gasteiger partial charge is 0.352 e. The van der Waals surface area contributed by atoms with Crippen molar-refractivity contribution >= 4 is 17.7 Å². The molecule has 4 heteroatoms. The van der Waals surface area contributed by atoms with Crippen LogP contribution < -0.4 is 11.1 Å². The summed E-state index contributed by atoms with van der Waals surface area (Å²) in [5.41, 5.74) is 8.66. The van der Waals surface area contributed by atoms with Crippen molar-refractivity contribution in [2.75, 3.05) is 12.0 Å². The minimum Gasteiger partial charge on any atom is -0.352 e. The summed E-state index contributed by atoms with van der Waals surface area (Å²) >= 11 is 1.72. The van der Waals surface area contributed by atoms with E-state index in [1.165, 1.54) is 11.1 Å². The van der Waals surface area contributed by atoms with Gasteiger partial charge in [0.15, 0.2) is 0 Å². The van der Waals surface area contributed by atoms with Gasteiger partial charge in [0.1, 0.15) is 0 Å². The van der Waals surface area contributed by atoms with Gasteiger partial charge in [-0.25, -0.2) is 0 Å². The Labute approximate surface area is 119 Å². The zero-order valence-electron chi connectivity index (χ0n) is 11.4. The summed E-state index contributed by atoms with van der Waals surface area (Å²) in [4.78, 5) is 12.0. The molecule has 19 heavy (non-hydrogen) atoms. The molecule has 2 rings (SSSR count). The van der Waals surface area contributed by atoms with Gasteiger partial charge in [0.25, 0.3) is 0 Å². The average Bonchev–Trinajstić information content (AvgIpc) is 2.44. The van der Waals surface area contributed by atoms with Crippen molar-refractivity contribution in [2.24, 2.45) is 5.73 Å². The highest BCUT2D eigenvalue weighted by molar-refractivity contribution is 7.98. The maximum atomic E-state index is 12.0. The van der Waals surface area contributed by atoms with Crippen LogP contribution in [0.25, 0.3) is 0 Å². The van der Waals surface area contributed by atoms with Crippen molar-refractivity contribution < 1.29 is 4.79 Å². The first kappa shape index (κ1) is 14.4. The molecule has 0 spiro atoms. The fourth-order valence-corrected chi connectivity index (χ4v) is 2.99. The number of hydrogen-bond donors (Lipinski definition) is 2. The number of nitrogens with two attached hydrogens (primary N) is 1. The highest BCUT2D eigenvalue weighted by Crippen LogP contribution is 2.21. The molecule has 0 bridgehead atoms. The van der Waals surface area contributed by atoms with Gasteiger partial charge in [-0.3, -0.25) is 4.79 Å². The van der Waals surface area contributed by atoms with Crippen LogP contribution in [0.1, 0.15) is 24.0 Å². The van der Waals surface area contributed by atoms with E-state index in [-0.39, 0.29) is 18.0 Å². The smallest absolute Gasteiger partial charge is 0.237 e. The monoisotopic (exact) mass is 278 g/mol. The molecular formula is C15H22N2OS. The lowest BCUT2D eigenvalue weighted by molar-refractivity contribution is -0.123. The average molecular weight is 278 g/mol. The minimum atomic E-state index is -0.371. The third-order valence-corrected chi connectivity index (χ3v) is 4.31. The number of hydrogen-bond acceptors (Lipinski definition) is 3. The molecule has 0 saturated heterocycles. The van der Waals surface area contributed by atoms with Crippen LogP contribution in [0.15, 0.2) is 24.3 Å². The Morgan fingerprint density at radius 2 is 2.21 bits per heavy atom. The lowest BCUT2D eigenvalue weighted by Gasteiger charge is -2.26. The molecule has 104 valence electrons. The van der Waals surface area contributed by atoms with Gasteiger partial charge in [0, 0.05) is 6.04 Å². The van der Waals surface area contributed by atoms with Crippen LogP contribution in [-0.2, 0) is 17.6 Å². The molecule has 0 aromatic heterocycles. The third-order valence-electron chi connectivity index (χ3n) is 3.66. The first-order valence-corrected chi connectivity index (χ1v) is 8.21. The summed E-state index contributed by atoms with van der Waals surface area (Å²) in [6.07, 6.45) is 5.76. The molecular weight excluding hydrogens is 256 g/mol. The number of nitrogens with one attached hydrogen (secondary N) is 1. The second-order valence-electron chi connectivity index (χ2n) is 5.10. The topological polar surface area (TPSA) is 55.1 Å². The van der Waals surface area contributed by atoms with Crippen molar-refractivity contribution in [3.63, 3.8) is 0 Å². The van der Waals surface area contributed by atoms with E-state index in [1.807, 2.05) is 6.26 Å². The maximum absolute atomic E-state index is 12.0. The van der Waals surface area contributed by atoms with Crippen LogP contribution in [0, 0.1) is 0 Å². The standard InChI is InChI=1S/C15H22N2OS/c1-19-9-8-14(16)15(18)17-13-7-6-11-4-2-3-5-12(11)10-13/h2-5,13-14H,6-10,16H2,1H3,(H,17,18)/t13?,14-/m1/s1. The molecule has 1 unspecified atom stereocenters. The van der Waals surface area contributed by atoms with E-state index in [0.29, 0.717) is 0 Å². The summed E-state index contributed by atoms with van der Waals surface area (Å²) < 4.78 is 0. The molecule has 0 heterocycles. The number of carbonyl (C=O) groups is 1. The Kier molecular flexibility index (Phi) is 5.28. The van der Waals surface area contributed by atoms with Gasteiger partial charge in [-0.1, -0.05) is 24.3 Å². The molecule has 3 nitrogen and oxygen atoms in total. The molecule has 3 N–H and O–H groups in total. The summed E-state index contributed by atoms with van der Waals surface area (Å²) in [7, 11) is 0. The normalized spacial score (nSPS) is 19.6. The van der Waals surface area contributed by atoms with E-state index >= 15 is 0 Å². The van der Waals surface area contributed by atoms with Gasteiger partial charge >= 0.3 is 0 Å². The molecule has 1 aliphatic rings. The van der Waals surface area contributed by atoms with Crippen LogP contribution in [0.4, 0.5) is 0 Å². The van der Waals surface area contributed by atoms with E-state index in [9.17, 15) is 4.79 Å². The second kappa shape index (κ2) is 6.96. The van der Waals surface area contributed by atoms with Gasteiger partial charge in [-0.05, 0) is 48.8 Å². The highest BCUT2D eigenvalue weighted by atomic mass is 32.2. The first-order valence-electron chi connectivity index (χ1n) is 6.82. The molecule has 0 aliphatic heterocycles. The van der Waals surface area contributed by atoms with Gasteiger partial charge < -0.3 is 11.1 Å². The molecule has 0 fully saturated rings. The van der Waals surface area contributed by atoms with Crippen molar-refractivity contribution in [1.82, 2.24) is 5.32 Å². The Morgan fingerprint density at radius 3 is 2.95 bits per heavy atom. The Morgan fingerprint density at radius 1 is 1.47 bits per heavy atom. The maximum Gasteiger partial charge on any atom is 0.237 e. The van der Waals surface area contributed by atoms with Gasteiger partial charge in [0.05, 0.1) is 6.04 Å². The summed E-state index contributed by atoms with van der Waals surface area (Å²) in [5.74, 6) is 0.931. The molecule has 0 saturated carbocycles. The van der Waals surface area contributed by atoms with Crippen LogP contribution in [0.5, 0.6) is 0 Å². The summed E-state index contributed by atoms with van der Waals surface area (Å²) in [6.45, 7) is 0. The van der Waals surface area contributed by atoms with Crippen molar-refractivity contribution in [2.45, 2.75) is 37.8 Å². The number of fused-ring (bicyclic) bond motifs is 1. The first-order chi connectivity index (χ1) is 9.20. The summed E-state index contributed by atoms with van der Waals surface area (Å²) in [5, 5.41) is 3.10. The van der Waals surface area contributed by atoms with Crippen LogP contribution in [0.2, 0.25) is 0 Å². The number of carbonyl (C=O) groups excluding carboxylic acids is 1. The predicted molar refractivity (Wildman–Crippen MR) is 81.4 cm³/mol. The fourth-order valence-electron chi connectivity index (χ4n) is 2.51. The third kappa shape index (κ3) is 3.98. The van der Waals surface area contributed by atoms with Gasteiger partial charge in [-0.2, -0.15) is 11.8 Å². The van der Waals surface area contributed by atoms with Crippen molar-refractivity contribution in [3.8, 4) is 0 Å². The number of aryl methyl sites for hydroxylation is 1. The van der Waals surface area contributed by atoms with E-state index in [4.69, 9.17) is 5.73 Å². The molecule has 1 aromatic rings. The number of rotatable bonds is 5. The minimum absolute atomic E-state index is 0.00145. The van der Waals surface area contributed by atoms with E-state index in [0.717, 1.165) is 31.4 Å². The van der Waals surface area contributed by atoms with Crippen molar-refractivity contribution in [3.05, 3.63) is 35.4 Å². The quantitative estimate of drug-likeness (QED) is 0.862. The lowest BCUT2D eigenvalue weighted by atomic mass is 9.88. The molecule has 2 atom stereocenters. The van der Waals surface area contributed by atoms with Gasteiger partial charge in [0.2, 0.25) is 5.91 Å². The summed E-state index contributed by atoms with van der Waals surface area (Å²) in [6, 6.07) is 8.34. The van der Waals surface area contributed by atoms with Crippen LogP contribution in [-0.4, -0.2) is 30.0 Å². The molecule has 1 amide bonds. The fraction of sp³-hybridized carbons (Fsp3) is 0.533. The number of benzene rings is 1.